The van der Waals surface area contributed by atoms with Gasteiger partial charge in [0.15, 0.2) is 0 Å². The summed E-state index contributed by atoms with van der Waals surface area (Å²) in [5.74, 6) is -0.628. The van der Waals surface area contributed by atoms with Gasteiger partial charge in [0.1, 0.15) is 22.9 Å². The van der Waals surface area contributed by atoms with Crippen LogP contribution in [-0.2, 0) is 11.3 Å². The van der Waals surface area contributed by atoms with Crippen LogP contribution in [0.25, 0.3) is 21.3 Å². The van der Waals surface area contributed by atoms with Crippen molar-refractivity contribution in [2.75, 3.05) is 13.1 Å². The molecule has 0 spiro atoms. The summed E-state index contributed by atoms with van der Waals surface area (Å²) in [5.41, 5.74) is 0.175. The molecule has 0 radical (unpaired) electrons. The first kappa shape index (κ1) is 17.8. The molecule has 140 valence electrons. The van der Waals surface area contributed by atoms with Crippen LogP contribution in [0, 0.1) is 12.7 Å². The summed E-state index contributed by atoms with van der Waals surface area (Å²) in [6.45, 7) is 2.99. The van der Waals surface area contributed by atoms with E-state index < -0.39 is 5.67 Å². The molecule has 4 rings (SSSR count). The quantitative estimate of drug-likeness (QED) is 0.692. The van der Waals surface area contributed by atoms with Gasteiger partial charge in [-0.3, -0.25) is 14.2 Å². The van der Waals surface area contributed by atoms with Gasteiger partial charge in [-0.25, -0.2) is 13.8 Å². The molecule has 1 saturated heterocycles. The van der Waals surface area contributed by atoms with Crippen molar-refractivity contribution in [3.8, 4) is 11.1 Å². The number of halogens is 2. The van der Waals surface area contributed by atoms with Crippen molar-refractivity contribution in [2.45, 2.75) is 26.1 Å². The maximum Gasteiger partial charge on any atom is 0.263 e. The van der Waals surface area contributed by atoms with Crippen LogP contribution < -0.4 is 5.56 Å². The van der Waals surface area contributed by atoms with Gasteiger partial charge >= 0.3 is 0 Å². The van der Waals surface area contributed by atoms with Gasteiger partial charge < -0.3 is 4.90 Å². The fourth-order valence-electron chi connectivity index (χ4n) is 3.28. The number of benzene rings is 1. The largest absolute Gasteiger partial charge is 0.335 e. The molecular formula is C19H17F2N3O2S. The average Bonchev–Trinajstić information content (AvgIpc) is 3.02. The normalized spacial score (nSPS) is 15.8. The molecule has 0 saturated carbocycles. The fourth-order valence-corrected chi connectivity index (χ4v) is 4.18. The number of fused-ring (bicyclic) bond motifs is 1. The minimum atomic E-state index is -1.36. The zero-order chi connectivity index (χ0) is 19.3. The number of aromatic nitrogens is 2. The Morgan fingerprint density at radius 2 is 2.11 bits per heavy atom. The molecule has 3 aromatic rings. The van der Waals surface area contributed by atoms with E-state index in [-0.39, 0.29) is 36.9 Å². The predicted molar refractivity (Wildman–Crippen MR) is 100 cm³/mol. The first-order valence-electron chi connectivity index (χ1n) is 8.45. The number of hydrogen-bond acceptors (Lipinski definition) is 4. The lowest BCUT2D eigenvalue weighted by atomic mass is 9.99. The number of carbonyl (C=O) groups is 1. The molecule has 0 atom stereocenters. The van der Waals surface area contributed by atoms with E-state index in [4.69, 9.17) is 0 Å². The molecule has 1 aliphatic rings. The summed E-state index contributed by atoms with van der Waals surface area (Å²) in [6, 6.07) is 4.67. The number of alkyl halides is 1. The van der Waals surface area contributed by atoms with E-state index in [1.807, 2.05) is 5.38 Å². The van der Waals surface area contributed by atoms with Gasteiger partial charge in [-0.05, 0) is 37.1 Å². The van der Waals surface area contributed by atoms with Crippen LogP contribution in [0.15, 0.2) is 34.7 Å². The molecule has 0 aliphatic carbocycles. The van der Waals surface area contributed by atoms with E-state index in [9.17, 15) is 18.4 Å². The van der Waals surface area contributed by atoms with Gasteiger partial charge in [-0.1, -0.05) is 6.07 Å². The first-order chi connectivity index (χ1) is 12.7. The Morgan fingerprint density at radius 1 is 1.37 bits per heavy atom. The number of amides is 1. The molecule has 0 unspecified atom stereocenters. The van der Waals surface area contributed by atoms with Crippen LogP contribution in [0.2, 0.25) is 0 Å². The molecule has 0 N–H and O–H groups in total. The predicted octanol–water partition coefficient (Wildman–Crippen LogP) is 3.14. The lowest BCUT2D eigenvalue weighted by Gasteiger charge is -2.42. The number of likely N-dealkylation sites (tertiary alicyclic amines) is 1. The highest BCUT2D eigenvalue weighted by Gasteiger charge is 2.41. The second-order valence-electron chi connectivity index (χ2n) is 7.13. The SMILES string of the molecule is Cc1cc(-c2csc3ncn(CC(=O)N4CC(C)(F)C4)c(=O)c23)ccc1F. The van der Waals surface area contributed by atoms with Gasteiger partial charge in [-0.2, -0.15) is 0 Å². The van der Waals surface area contributed by atoms with Gasteiger partial charge in [0.25, 0.3) is 5.56 Å². The van der Waals surface area contributed by atoms with Crippen LogP contribution in [0.1, 0.15) is 12.5 Å². The smallest absolute Gasteiger partial charge is 0.263 e. The van der Waals surface area contributed by atoms with Crippen molar-refractivity contribution < 1.29 is 13.6 Å². The molecule has 27 heavy (non-hydrogen) atoms. The highest BCUT2D eigenvalue weighted by Crippen LogP contribution is 2.31. The van der Waals surface area contributed by atoms with Crippen LogP contribution >= 0.6 is 11.3 Å². The number of thiophene rings is 1. The fraction of sp³-hybridized carbons (Fsp3) is 0.316. The average molecular weight is 389 g/mol. The van der Waals surface area contributed by atoms with E-state index in [0.717, 1.165) is 5.56 Å². The summed E-state index contributed by atoms with van der Waals surface area (Å²) in [4.78, 5) is 31.4. The van der Waals surface area contributed by atoms with Crippen molar-refractivity contribution in [1.29, 1.82) is 0 Å². The minimum Gasteiger partial charge on any atom is -0.335 e. The van der Waals surface area contributed by atoms with Gasteiger partial charge in [0.2, 0.25) is 5.91 Å². The van der Waals surface area contributed by atoms with Crippen LogP contribution in [0.5, 0.6) is 0 Å². The van der Waals surface area contributed by atoms with Crippen LogP contribution in [0.3, 0.4) is 0 Å². The van der Waals surface area contributed by atoms with Crippen molar-refractivity contribution in [3.05, 3.63) is 51.6 Å². The van der Waals surface area contributed by atoms with E-state index in [1.54, 1.807) is 19.1 Å². The Hall–Kier alpha value is -2.61. The standard InChI is InChI=1S/C19H17F2N3O2S/c1-11-5-12(3-4-14(11)20)13-7-27-17-16(13)18(26)23(10-22-17)6-15(25)24-8-19(2,21)9-24/h3-5,7,10H,6,8-9H2,1-2H3. The molecule has 1 amide bonds. The van der Waals surface area contributed by atoms with E-state index in [0.29, 0.717) is 21.3 Å². The second-order valence-corrected chi connectivity index (χ2v) is 7.99. The maximum absolute atomic E-state index is 13.6. The van der Waals surface area contributed by atoms with Crippen LogP contribution in [0.4, 0.5) is 8.78 Å². The molecular weight excluding hydrogens is 372 g/mol. The maximum atomic E-state index is 13.6. The molecule has 1 aliphatic heterocycles. The number of hydrogen-bond donors (Lipinski definition) is 0. The second kappa shape index (κ2) is 6.23. The molecule has 1 fully saturated rings. The third-order valence-corrected chi connectivity index (χ3v) is 5.62. The van der Waals surface area contributed by atoms with Gasteiger partial charge in [-0.15, -0.1) is 11.3 Å². The third-order valence-electron chi connectivity index (χ3n) is 4.73. The summed E-state index contributed by atoms with van der Waals surface area (Å²) >= 11 is 1.32. The molecule has 1 aromatic carbocycles. The van der Waals surface area contributed by atoms with E-state index in [2.05, 4.69) is 4.98 Å². The minimum absolute atomic E-state index is 0.0365. The summed E-state index contributed by atoms with van der Waals surface area (Å²) < 4.78 is 28.4. The molecule has 8 heteroatoms. The molecule has 5 nitrogen and oxygen atoms in total. The summed E-state index contributed by atoms with van der Waals surface area (Å²) in [7, 11) is 0. The molecule has 0 bridgehead atoms. The van der Waals surface area contributed by atoms with E-state index in [1.165, 1.54) is 40.1 Å². The Bertz CT molecular complexity index is 1110. The van der Waals surface area contributed by atoms with Crippen molar-refractivity contribution in [1.82, 2.24) is 14.5 Å². The number of carbonyl (C=O) groups excluding carboxylic acids is 1. The molecule has 3 heterocycles. The number of nitrogens with zero attached hydrogens (tertiary/aromatic N) is 3. The summed E-state index contributed by atoms with van der Waals surface area (Å²) in [5, 5.41) is 2.21. The highest BCUT2D eigenvalue weighted by molar-refractivity contribution is 7.17. The molecule has 2 aromatic heterocycles. The van der Waals surface area contributed by atoms with Gasteiger partial charge in [0, 0.05) is 10.9 Å². The Balaban J connectivity index is 1.70. The van der Waals surface area contributed by atoms with Crippen molar-refractivity contribution in [3.63, 3.8) is 0 Å². The lowest BCUT2D eigenvalue weighted by molar-refractivity contribution is -0.144. The monoisotopic (exact) mass is 389 g/mol. The lowest BCUT2D eigenvalue weighted by Crippen LogP contribution is -2.60. The Labute approximate surface area is 157 Å². The zero-order valence-electron chi connectivity index (χ0n) is 14.8. The van der Waals surface area contributed by atoms with Gasteiger partial charge in [0.05, 0.1) is 24.8 Å². The van der Waals surface area contributed by atoms with Crippen molar-refractivity contribution in [2.24, 2.45) is 0 Å². The van der Waals surface area contributed by atoms with Crippen LogP contribution in [-0.4, -0.2) is 39.1 Å². The topological polar surface area (TPSA) is 55.2 Å². The highest BCUT2D eigenvalue weighted by atomic mass is 32.1. The van der Waals surface area contributed by atoms with E-state index >= 15 is 0 Å². The zero-order valence-corrected chi connectivity index (χ0v) is 15.6. The Kier molecular flexibility index (Phi) is 4.10. The number of rotatable bonds is 3. The van der Waals surface area contributed by atoms with Crippen molar-refractivity contribution >= 4 is 27.5 Å². The third kappa shape index (κ3) is 3.14. The number of aryl methyl sites for hydroxylation is 1. The first-order valence-corrected chi connectivity index (χ1v) is 9.33. The Morgan fingerprint density at radius 3 is 2.78 bits per heavy atom. The summed E-state index contributed by atoms with van der Waals surface area (Å²) in [6.07, 6.45) is 1.34.